The summed E-state index contributed by atoms with van der Waals surface area (Å²) in [6.45, 7) is 17.3. The van der Waals surface area contributed by atoms with Crippen LogP contribution in [0.15, 0.2) is 65.8 Å². The van der Waals surface area contributed by atoms with Crippen LogP contribution in [0.5, 0.6) is 5.75 Å². The summed E-state index contributed by atoms with van der Waals surface area (Å²) in [5, 5.41) is 17.2. The molecule has 0 fully saturated rings. The van der Waals surface area contributed by atoms with E-state index in [1.165, 1.54) is 10.6 Å². The molecule has 46 heavy (non-hydrogen) atoms. The average Bonchev–Trinajstić information content (AvgIpc) is 3.59. The zero-order chi connectivity index (χ0) is 33.2. The van der Waals surface area contributed by atoms with E-state index in [4.69, 9.17) is 9.47 Å². The third-order valence-electron chi connectivity index (χ3n) is 9.05. The van der Waals surface area contributed by atoms with Crippen LogP contribution >= 0.6 is 0 Å². The molecule has 1 N–H and O–H groups in total. The molecule has 0 spiro atoms. The number of benzene rings is 3. The van der Waals surface area contributed by atoms with Gasteiger partial charge in [0, 0.05) is 11.3 Å². The Hall–Kier alpha value is -4.73. The van der Waals surface area contributed by atoms with Crippen LogP contribution in [-0.2, 0) is 25.2 Å². The van der Waals surface area contributed by atoms with Gasteiger partial charge in [0.2, 0.25) is 11.9 Å². The lowest BCUT2D eigenvalue weighted by Gasteiger charge is -2.30. The summed E-state index contributed by atoms with van der Waals surface area (Å²) in [5.74, 6) is 0.355. The van der Waals surface area contributed by atoms with Crippen molar-refractivity contribution in [3.8, 4) is 5.75 Å². The molecule has 1 aliphatic rings. The minimum atomic E-state index is -0.881. The van der Waals surface area contributed by atoms with Crippen molar-refractivity contribution in [3.63, 3.8) is 0 Å². The molecule has 10 heteroatoms. The fraction of sp³-hybridized carbons (Fsp3) is 0.417. The quantitative estimate of drug-likeness (QED) is 0.191. The third kappa shape index (κ3) is 6.47. The van der Waals surface area contributed by atoms with Gasteiger partial charge in [-0.25, -0.2) is 4.68 Å². The fourth-order valence-electron chi connectivity index (χ4n) is 5.34. The lowest BCUT2D eigenvalue weighted by atomic mass is 9.76. The van der Waals surface area contributed by atoms with Crippen LogP contribution in [0.2, 0.25) is 0 Å². The first-order chi connectivity index (χ1) is 21.9. The molecule has 0 saturated carbocycles. The monoisotopic (exact) mass is 624 g/mol. The second-order valence-corrected chi connectivity index (χ2v) is 13.0. The minimum absolute atomic E-state index is 0.0427. The van der Waals surface area contributed by atoms with E-state index in [-0.39, 0.29) is 35.1 Å². The van der Waals surface area contributed by atoms with Gasteiger partial charge in [0.15, 0.2) is 6.61 Å². The van der Waals surface area contributed by atoms with E-state index in [2.05, 4.69) is 74.4 Å². The number of anilines is 2. The van der Waals surface area contributed by atoms with Crippen molar-refractivity contribution < 1.29 is 19.1 Å². The summed E-state index contributed by atoms with van der Waals surface area (Å²) in [7, 11) is 0. The highest BCUT2D eigenvalue weighted by molar-refractivity contribution is 6.15. The van der Waals surface area contributed by atoms with Crippen LogP contribution in [0.1, 0.15) is 84.0 Å². The first-order valence-electron chi connectivity index (χ1n) is 15.9. The molecular formula is C36H44N6O4. The van der Waals surface area contributed by atoms with Crippen LogP contribution in [0, 0.1) is 6.92 Å². The normalized spacial score (nSPS) is 15.3. The molecule has 1 aliphatic heterocycles. The van der Waals surface area contributed by atoms with Crippen molar-refractivity contribution in [2.24, 2.45) is 5.10 Å². The molecule has 1 unspecified atom stereocenters. The smallest absolute Gasteiger partial charge is 0.282 e. The molecular weight excluding hydrogens is 580 g/mol. The third-order valence-corrected chi connectivity index (χ3v) is 9.05. The second-order valence-electron chi connectivity index (χ2n) is 13.0. The van der Waals surface area contributed by atoms with Crippen LogP contribution in [-0.4, -0.2) is 45.9 Å². The van der Waals surface area contributed by atoms with Gasteiger partial charge in [-0.3, -0.25) is 9.59 Å². The molecule has 2 heterocycles. The maximum Gasteiger partial charge on any atom is 0.282 e. The van der Waals surface area contributed by atoms with Crippen LogP contribution in [0.3, 0.4) is 0 Å². The molecule has 1 atom stereocenters. The summed E-state index contributed by atoms with van der Waals surface area (Å²) in [6.07, 6.45) is 1.95. The van der Waals surface area contributed by atoms with Gasteiger partial charge in [-0.05, 0) is 91.1 Å². The van der Waals surface area contributed by atoms with Gasteiger partial charge in [0.1, 0.15) is 11.3 Å². The van der Waals surface area contributed by atoms with Gasteiger partial charge >= 0.3 is 0 Å². The number of rotatable bonds is 11. The number of nitrogens with zero attached hydrogens (tertiary/aromatic N) is 5. The predicted octanol–water partition coefficient (Wildman–Crippen LogP) is 7.07. The van der Waals surface area contributed by atoms with Gasteiger partial charge < -0.3 is 14.8 Å². The number of carbonyl (C=O) groups excluding carboxylic acids is 2. The average molecular weight is 625 g/mol. The van der Waals surface area contributed by atoms with Gasteiger partial charge in [0.05, 0.1) is 17.8 Å². The molecule has 5 rings (SSSR count). The van der Waals surface area contributed by atoms with Gasteiger partial charge in [-0.1, -0.05) is 65.0 Å². The number of carbonyl (C=O) groups is 2. The van der Waals surface area contributed by atoms with Crippen molar-refractivity contribution >= 4 is 40.1 Å². The van der Waals surface area contributed by atoms with Gasteiger partial charge in [-0.2, -0.15) is 5.01 Å². The van der Waals surface area contributed by atoms with E-state index >= 15 is 0 Å². The van der Waals surface area contributed by atoms with Gasteiger partial charge in [0.25, 0.3) is 11.8 Å². The lowest BCUT2D eigenvalue weighted by Crippen LogP contribution is -2.31. The van der Waals surface area contributed by atoms with E-state index in [1.54, 1.807) is 28.9 Å². The summed E-state index contributed by atoms with van der Waals surface area (Å²) >= 11 is 0. The van der Waals surface area contributed by atoms with Crippen LogP contribution in [0.25, 0.3) is 11.0 Å². The maximum atomic E-state index is 13.7. The SMILES string of the molecule is CCOC1=NN(c2ccc(NC(=O)COc3ccc(C(C)(C)CC)cc3C(C)(C)CC)cc2)C(=O)C1n1nnc2cc(C)ccc21. The predicted molar refractivity (Wildman–Crippen MR) is 181 cm³/mol. The van der Waals surface area contributed by atoms with Crippen LogP contribution in [0.4, 0.5) is 11.4 Å². The van der Waals surface area contributed by atoms with Crippen molar-refractivity contribution in [1.82, 2.24) is 15.0 Å². The number of nitrogens with one attached hydrogen (secondary N) is 1. The molecule has 0 bridgehead atoms. The van der Waals surface area contributed by atoms with E-state index in [9.17, 15) is 9.59 Å². The van der Waals surface area contributed by atoms with Crippen LogP contribution < -0.4 is 15.1 Å². The summed E-state index contributed by atoms with van der Waals surface area (Å²) in [4.78, 5) is 26.6. The molecule has 0 saturated heterocycles. The highest BCUT2D eigenvalue weighted by Gasteiger charge is 2.41. The summed E-state index contributed by atoms with van der Waals surface area (Å²) in [5.41, 5.74) is 5.83. The first-order valence-corrected chi connectivity index (χ1v) is 15.9. The Morgan fingerprint density at radius 2 is 1.63 bits per heavy atom. The number of hydrazone groups is 1. The minimum Gasteiger partial charge on any atom is -0.483 e. The summed E-state index contributed by atoms with van der Waals surface area (Å²) < 4.78 is 13.4. The highest BCUT2D eigenvalue weighted by Crippen LogP contribution is 2.38. The Balaban J connectivity index is 1.28. The molecule has 3 aromatic carbocycles. The zero-order valence-corrected chi connectivity index (χ0v) is 28.0. The number of ether oxygens (including phenoxy) is 2. The Kier molecular flexibility index (Phi) is 9.19. The fourth-order valence-corrected chi connectivity index (χ4v) is 5.34. The molecule has 1 aromatic heterocycles. The van der Waals surface area contributed by atoms with E-state index in [0.717, 1.165) is 24.0 Å². The second kappa shape index (κ2) is 12.9. The number of amides is 2. The first kappa shape index (κ1) is 32.7. The van der Waals surface area contributed by atoms with E-state index in [1.807, 2.05) is 38.1 Å². The van der Waals surface area contributed by atoms with E-state index in [0.29, 0.717) is 34.8 Å². The standard InChI is InChI=1S/C36H44N6O4/c1-9-35(5,6)24-13-19-30(27(21-24)36(7,8)10-2)46-22-31(43)37-25-14-16-26(17-15-25)41-34(44)32(33(39-41)45-11-3)42-29-18-12-23(4)20-28(29)38-40-42/h12-21,32H,9-11,22H2,1-8H3,(H,37,43). The lowest BCUT2D eigenvalue weighted by molar-refractivity contribution is -0.120. The Morgan fingerprint density at radius 3 is 2.30 bits per heavy atom. The number of aromatic nitrogens is 3. The zero-order valence-electron chi connectivity index (χ0n) is 28.0. The number of hydrogen-bond donors (Lipinski definition) is 1. The molecule has 4 aromatic rings. The van der Waals surface area contributed by atoms with Crippen molar-refractivity contribution in [2.45, 2.75) is 85.1 Å². The molecule has 242 valence electrons. The van der Waals surface area contributed by atoms with E-state index < -0.39 is 6.04 Å². The highest BCUT2D eigenvalue weighted by atomic mass is 16.5. The largest absolute Gasteiger partial charge is 0.483 e. The molecule has 2 amide bonds. The Morgan fingerprint density at radius 1 is 0.913 bits per heavy atom. The van der Waals surface area contributed by atoms with Crippen molar-refractivity contribution in [2.75, 3.05) is 23.5 Å². The van der Waals surface area contributed by atoms with Crippen molar-refractivity contribution in [3.05, 3.63) is 77.4 Å². The molecule has 0 radical (unpaired) electrons. The van der Waals surface area contributed by atoms with Crippen molar-refractivity contribution in [1.29, 1.82) is 0 Å². The number of hydrogen-bond acceptors (Lipinski definition) is 7. The summed E-state index contributed by atoms with van der Waals surface area (Å²) in [6, 6.07) is 18.1. The maximum absolute atomic E-state index is 13.7. The molecule has 0 aliphatic carbocycles. The number of aryl methyl sites for hydroxylation is 1. The Labute approximate surface area is 270 Å². The van der Waals surface area contributed by atoms with Gasteiger partial charge in [-0.15, -0.1) is 10.2 Å². The Bertz CT molecular complexity index is 1770. The topological polar surface area (TPSA) is 111 Å². The molecule has 10 nitrogen and oxygen atoms in total. The number of fused-ring (bicyclic) bond motifs is 1.